The van der Waals surface area contributed by atoms with Gasteiger partial charge in [-0.2, -0.15) is 0 Å². The summed E-state index contributed by atoms with van der Waals surface area (Å²) < 4.78 is 22.6. The number of aromatic nitrogens is 1. The zero-order valence-electron chi connectivity index (χ0n) is 14.5. The molecule has 0 radical (unpaired) electrons. The summed E-state index contributed by atoms with van der Waals surface area (Å²) in [6.45, 7) is 0. The molecule has 0 spiro atoms. The number of hydrogen-bond donors (Lipinski definition) is 0. The molecule has 3 aromatic rings. The molecule has 0 saturated heterocycles. The van der Waals surface area contributed by atoms with E-state index in [9.17, 15) is 0 Å². The smallest absolute Gasteiger partial charge is 0.203 e. The Balaban J connectivity index is 1.96. The van der Waals surface area contributed by atoms with Gasteiger partial charge in [0.05, 0.1) is 38.7 Å². The largest absolute Gasteiger partial charge is 0.497 e. The first-order chi connectivity index (χ1) is 12.2. The Morgan fingerprint density at radius 1 is 0.840 bits per heavy atom. The summed E-state index contributed by atoms with van der Waals surface area (Å²) in [7, 11) is 6.46. The summed E-state index contributed by atoms with van der Waals surface area (Å²) in [5.41, 5.74) is 1.83. The van der Waals surface area contributed by atoms with Crippen LogP contribution < -0.4 is 18.9 Å². The highest BCUT2D eigenvalue weighted by Crippen LogP contribution is 2.40. The highest BCUT2D eigenvalue weighted by molar-refractivity contribution is 7.19. The lowest BCUT2D eigenvalue weighted by atomic mass is 10.1. The third-order valence-corrected chi connectivity index (χ3v) is 4.74. The van der Waals surface area contributed by atoms with Gasteiger partial charge in [0.15, 0.2) is 11.5 Å². The minimum Gasteiger partial charge on any atom is -0.497 e. The molecular formula is C19H19NO4S. The van der Waals surface area contributed by atoms with Gasteiger partial charge < -0.3 is 18.9 Å². The first-order valence-electron chi connectivity index (χ1n) is 7.61. The van der Waals surface area contributed by atoms with Crippen LogP contribution in [-0.4, -0.2) is 33.4 Å². The van der Waals surface area contributed by atoms with Crippen LogP contribution in [0.2, 0.25) is 0 Å². The number of benzene rings is 2. The molecule has 0 unspecified atom stereocenters. The fraction of sp³-hybridized carbons (Fsp3) is 0.211. The van der Waals surface area contributed by atoms with Gasteiger partial charge >= 0.3 is 0 Å². The molecule has 130 valence electrons. The molecule has 0 amide bonds. The first-order valence-corrected chi connectivity index (χ1v) is 8.43. The number of rotatable bonds is 6. The van der Waals surface area contributed by atoms with E-state index in [1.54, 1.807) is 39.8 Å². The number of ether oxygens (including phenoxy) is 4. The second-order valence-electron chi connectivity index (χ2n) is 5.14. The lowest BCUT2D eigenvalue weighted by Gasteiger charge is -2.13. The molecule has 0 saturated carbocycles. The monoisotopic (exact) mass is 357 g/mol. The molecule has 6 heteroatoms. The van der Waals surface area contributed by atoms with Crippen molar-refractivity contribution in [1.82, 2.24) is 4.98 Å². The molecule has 0 N–H and O–H groups in total. The van der Waals surface area contributed by atoms with Gasteiger partial charge in [-0.05, 0) is 42.5 Å². The van der Waals surface area contributed by atoms with Crippen molar-refractivity contribution in [3.63, 3.8) is 0 Å². The van der Waals surface area contributed by atoms with E-state index in [1.807, 2.05) is 42.5 Å². The van der Waals surface area contributed by atoms with Crippen LogP contribution in [0.3, 0.4) is 0 Å². The van der Waals surface area contributed by atoms with Crippen LogP contribution in [0.15, 0.2) is 30.3 Å². The molecular weight excluding hydrogens is 338 g/mol. The van der Waals surface area contributed by atoms with Gasteiger partial charge in [0.1, 0.15) is 10.8 Å². The normalized spacial score (nSPS) is 11.0. The molecule has 0 aliphatic heterocycles. The SMILES string of the molecule is COc1ccc2nc(/C=C/c3ccc(OC)c(OC)c3OC)sc2c1. The Morgan fingerprint density at radius 3 is 2.32 bits per heavy atom. The minimum atomic E-state index is 0.571. The number of thiazole rings is 1. The standard InChI is InChI=1S/C19H19NO4S/c1-21-13-7-8-14-16(11-13)25-17(20-14)10-6-12-5-9-15(22-2)19(24-4)18(12)23-3/h5-11H,1-4H3/b10-6+. The predicted octanol–water partition coefficient (Wildman–Crippen LogP) is 4.50. The second-order valence-corrected chi connectivity index (χ2v) is 6.20. The third-order valence-electron chi connectivity index (χ3n) is 3.75. The van der Waals surface area contributed by atoms with E-state index >= 15 is 0 Å². The fourth-order valence-corrected chi connectivity index (χ4v) is 3.44. The van der Waals surface area contributed by atoms with Gasteiger partial charge in [-0.1, -0.05) is 0 Å². The summed E-state index contributed by atoms with van der Waals surface area (Å²) in [6.07, 6.45) is 3.91. The molecule has 0 fully saturated rings. The summed E-state index contributed by atoms with van der Waals surface area (Å²) in [5, 5.41) is 0.903. The molecule has 2 aromatic carbocycles. The molecule has 3 rings (SSSR count). The highest BCUT2D eigenvalue weighted by atomic mass is 32.1. The number of fused-ring (bicyclic) bond motifs is 1. The van der Waals surface area contributed by atoms with Crippen molar-refractivity contribution in [2.75, 3.05) is 28.4 Å². The lowest BCUT2D eigenvalue weighted by molar-refractivity contribution is 0.324. The van der Waals surface area contributed by atoms with Gasteiger partial charge in [0, 0.05) is 5.56 Å². The number of hydrogen-bond acceptors (Lipinski definition) is 6. The van der Waals surface area contributed by atoms with Crippen LogP contribution in [0.4, 0.5) is 0 Å². The van der Waals surface area contributed by atoms with Gasteiger partial charge in [0.2, 0.25) is 5.75 Å². The zero-order chi connectivity index (χ0) is 17.8. The zero-order valence-corrected chi connectivity index (χ0v) is 15.3. The van der Waals surface area contributed by atoms with Crippen molar-refractivity contribution in [3.05, 3.63) is 40.9 Å². The average Bonchev–Trinajstić information content (AvgIpc) is 3.07. The van der Waals surface area contributed by atoms with Gasteiger partial charge in [-0.25, -0.2) is 4.98 Å². The Hall–Kier alpha value is -2.73. The van der Waals surface area contributed by atoms with Crippen LogP contribution in [0.5, 0.6) is 23.0 Å². The summed E-state index contributed by atoms with van der Waals surface area (Å²) in [5.74, 6) is 2.65. The van der Waals surface area contributed by atoms with Crippen molar-refractivity contribution < 1.29 is 18.9 Å². The van der Waals surface area contributed by atoms with Crippen molar-refractivity contribution in [2.45, 2.75) is 0 Å². The maximum atomic E-state index is 5.50. The summed E-state index contributed by atoms with van der Waals surface area (Å²) in [6, 6.07) is 9.63. The Bertz CT molecular complexity index is 917. The Kier molecular flexibility index (Phi) is 5.09. The lowest BCUT2D eigenvalue weighted by Crippen LogP contribution is -1.96. The van der Waals surface area contributed by atoms with Crippen LogP contribution in [0.25, 0.3) is 22.4 Å². The molecule has 1 aromatic heterocycles. The molecule has 0 bridgehead atoms. The average molecular weight is 357 g/mol. The van der Waals surface area contributed by atoms with Crippen LogP contribution in [-0.2, 0) is 0 Å². The van der Waals surface area contributed by atoms with E-state index in [-0.39, 0.29) is 0 Å². The molecule has 0 aliphatic carbocycles. The fourth-order valence-electron chi connectivity index (χ4n) is 2.54. The van der Waals surface area contributed by atoms with Gasteiger partial charge in [-0.3, -0.25) is 0 Å². The van der Waals surface area contributed by atoms with Crippen LogP contribution >= 0.6 is 11.3 Å². The van der Waals surface area contributed by atoms with Gasteiger partial charge in [-0.15, -0.1) is 11.3 Å². The Labute approximate surface area is 150 Å². The van der Waals surface area contributed by atoms with Crippen molar-refractivity contribution in [3.8, 4) is 23.0 Å². The molecule has 5 nitrogen and oxygen atoms in total. The first kappa shape index (κ1) is 17.1. The van der Waals surface area contributed by atoms with Crippen LogP contribution in [0.1, 0.15) is 10.6 Å². The second kappa shape index (κ2) is 7.44. The maximum absolute atomic E-state index is 5.50. The van der Waals surface area contributed by atoms with Crippen molar-refractivity contribution in [1.29, 1.82) is 0 Å². The summed E-state index contributed by atoms with van der Waals surface area (Å²) >= 11 is 1.60. The number of nitrogens with zero attached hydrogens (tertiary/aromatic N) is 1. The van der Waals surface area contributed by atoms with E-state index in [0.29, 0.717) is 17.2 Å². The molecule has 0 aliphatic rings. The highest BCUT2D eigenvalue weighted by Gasteiger charge is 2.14. The minimum absolute atomic E-state index is 0.571. The Morgan fingerprint density at radius 2 is 1.64 bits per heavy atom. The van der Waals surface area contributed by atoms with E-state index in [2.05, 4.69) is 4.98 Å². The van der Waals surface area contributed by atoms with E-state index < -0.39 is 0 Å². The maximum Gasteiger partial charge on any atom is 0.203 e. The summed E-state index contributed by atoms with van der Waals surface area (Å²) in [4.78, 5) is 4.61. The van der Waals surface area contributed by atoms with Crippen LogP contribution in [0, 0.1) is 0 Å². The topological polar surface area (TPSA) is 49.8 Å². The van der Waals surface area contributed by atoms with Crippen molar-refractivity contribution in [2.24, 2.45) is 0 Å². The van der Waals surface area contributed by atoms with E-state index in [1.165, 1.54) is 0 Å². The van der Waals surface area contributed by atoms with E-state index in [4.69, 9.17) is 18.9 Å². The molecule has 25 heavy (non-hydrogen) atoms. The van der Waals surface area contributed by atoms with E-state index in [0.717, 1.165) is 26.5 Å². The van der Waals surface area contributed by atoms with Gasteiger partial charge in [0.25, 0.3) is 0 Å². The van der Waals surface area contributed by atoms with Crippen molar-refractivity contribution >= 4 is 33.7 Å². The third kappa shape index (κ3) is 3.39. The number of methoxy groups -OCH3 is 4. The quantitative estimate of drug-likeness (QED) is 0.650. The predicted molar refractivity (Wildman–Crippen MR) is 101 cm³/mol. The molecule has 0 atom stereocenters. The molecule has 1 heterocycles.